The van der Waals surface area contributed by atoms with Crippen molar-refractivity contribution in [1.82, 2.24) is 10.3 Å². The van der Waals surface area contributed by atoms with Crippen LogP contribution in [0.2, 0.25) is 0 Å². The van der Waals surface area contributed by atoms with E-state index in [0.29, 0.717) is 13.0 Å². The molecule has 1 amide bonds. The van der Waals surface area contributed by atoms with E-state index in [4.69, 9.17) is 0 Å². The van der Waals surface area contributed by atoms with E-state index in [9.17, 15) is 4.79 Å². The number of benzene rings is 2. The van der Waals surface area contributed by atoms with Crippen LogP contribution >= 0.6 is 0 Å². The zero-order valence-electron chi connectivity index (χ0n) is 14.1. The summed E-state index contributed by atoms with van der Waals surface area (Å²) in [5, 5.41) is 3.09. The lowest BCUT2D eigenvalue weighted by molar-refractivity contribution is -0.122. The van der Waals surface area contributed by atoms with Crippen molar-refractivity contribution in [3.8, 4) is 0 Å². The fourth-order valence-electron chi connectivity index (χ4n) is 2.90. The Bertz CT molecular complexity index is 773. The molecule has 1 N–H and O–H groups in total. The van der Waals surface area contributed by atoms with Crippen LogP contribution < -0.4 is 5.32 Å². The number of nitrogens with zero attached hydrogens (tertiary/aromatic N) is 1. The topological polar surface area (TPSA) is 42.0 Å². The van der Waals surface area contributed by atoms with E-state index in [-0.39, 0.29) is 11.8 Å². The van der Waals surface area contributed by atoms with Crippen LogP contribution in [0.4, 0.5) is 0 Å². The molecular formula is C22H22N2O. The number of amides is 1. The van der Waals surface area contributed by atoms with E-state index >= 15 is 0 Å². The molecule has 1 heterocycles. The van der Waals surface area contributed by atoms with Gasteiger partial charge in [0.25, 0.3) is 0 Å². The van der Waals surface area contributed by atoms with Gasteiger partial charge in [-0.1, -0.05) is 66.7 Å². The summed E-state index contributed by atoms with van der Waals surface area (Å²) in [4.78, 5) is 17.0. The van der Waals surface area contributed by atoms with Crippen molar-refractivity contribution in [1.29, 1.82) is 0 Å². The molecule has 0 spiro atoms. The van der Waals surface area contributed by atoms with E-state index in [1.54, 1.807) is 6.20 Å². The maximum Gasteiger partial charge on any atom is 0.227 e. The standard InChI is InChI=1S/C22H22N2O/c25-22(24-15-13-18-8-3-1-4-9-18)21(20-11-5-2-6-12-20)16-19-10-7-14-23-17-19/h1-12,14,17,21H,13,15-16H2,(H,24,25). The van der Waals surface area contributed by atoms with Crippen LogP contribution in [-0.4, -0.2) is 17.4 Å². The first-order valence-electron chi connectivity index (χ1n) is 8.58. The van der Waals surface area contributed by atoms with Crippen LogP contribution in [-0.2, 0) is 17.6 Å². The molecule has 25 heavy (non-hydrogen) atoms. The minimum absolute atomic E-state index is 0.0611. The predicted octanol–water partition coefficient (Wildman–Crippen LogP) is 3.77. The molecule has 0 aliphatic rings. The fourth-order valence-corrected chi connectivity index (χ4v) is 2.90. The van der Waals surface area contributed by atoms with Gasteiger partial charge >= 0.3 is 0 Å². The highest BCUT2D eigenvalue weighted by molar-refractivity contribution is 5.84. The molecule has 0 aliphatic heterocycles. The average molecular weight is 330 g/mol. The average Bonchev–Trinajstić information content (AvgIpc) is 2.68. The molecule has 2 aromatic carbocycles. The quantitative estimate of drug-likeness (QED) is 0.716. The highest BCUT2D eigenvalue weighted by Crippen LogP contribution is 2.21. The third kappa shape index (κ3) is 5.01. The molecule has 0 saturated carbocycles. The van der Waals surface area contributed by atoms with Gasteiger partial charge in [-0.05, 0) is 35.6 Å². The number of nitrogens with one attached hydrogen (secondary N) is 1. The van der Waals surface area contributed by atoms with E-state index in [1.165, 1.54) is 5.56 Å². The Morgan fingerprint density at radius 3 is 2.24 bits per heavy atom. The van der Waals surface area contributed by atoms with Crippen molar-refractivity contribution >= 4 is 5.91 Å². The van der Waals surface area contributed by atoms with Crippen molar-refractivity contribution in [3.05, 3.63) is 102 Å². The van der Waals surface area contributed by atoms with Gasteiger partial charge in [-0.2, -0.15) is 0 Å². The summed E-state index contributed by atoms with van der Waals surface area (Å²) < 4.78 is 0. The number of carbonyl (C=O) groups excluding carboxylic acids is 1. The Morgan fingerprint density at radius 1 is 0.880 bits per heavy atom. The summed E-state index contributed by atoms with van der Waals surface area (Å²) in [6.45, 7) is 0.638. The van der Waals surface area contributed by atoms with Crippen LogP contribution in [0.5, 0.6) is 0 Å². The van der Waals surface area contributed by atoms with Gasteiger partial charge in [-0.3, -0.25) is 9.78 Å². The van der Waals surface area contributed by atoms with Gasteiger partial charge in [-0.25, -0.2) is 0 Å². The number of aromatic nitrogens is 1. The van der Waals surface area contributed by atoms with E-state index in [0.717, 1.165) is 17.5 Å². The van der Waals surface area contributed by atoms with Crippen LogP contribution in [0, 0.1) is 0 Å². The maximum absolute atomic E-state index is 12.8. The van der Waals surface area contributed by atoms with Crippen molar-refractivity contribution in [3.63, 3.8) is 0 Å². The largest absolute Gasteiger partial charge is 0.355 e. The molecule has 0 fully saturated rings. The zero-order chi connectivity index (χ0) is 17.3. The SMILES string of the molecule is O=C(NCCc1ccccc1)C(Cc1cccnc1)c1ccccc1. The van der Waals surface area contributed by atoms with Gasteiger partial charge in [-0.15, -0.1) is 0 Å². The lowest BCUT2D eigenvalue weighted by Crippen LogP contribution is -2.32. The van der Waals surface area contributed by atoms with Crippen LogP contribution in [0.25, 0.3) is 0 Å². The van der Waals surface area contributed by atoms with Crippen molar-refractivity contribution < 1.29 is 4.79 Å². The molecule has 3 nitrogen and oxygen atoms in total. The summed E-state index contributed by atoms with van der Waals surface area (Å²) in [5.41, 5.74) is 3.32. The molecule has 0 bridgehead atoms. The fraction of sp³-hybridized carbons (Fsp3) is 0.182. The molecule has 0 saturated heterocycles. The lowest BCUT2D eigenvalue weighted by Gasteiger charge is -2.17. The Balaban J connectivity index is 1.67. The summed E-state index contributed by atoms with van der Waals surface area (Å²) in [5.74, 6) is -0.146. The van der Waals surface area contributed by atoms with E-state index in [2.05, 4.69) is 22.4 Å². The highest BCUT2D eigenvalue weighted by Gasteiger charge is 2.20. The van der Waals surface area contributed by atoms with Gasteiger partial charge in [0.15, 0.2) is 0 Å². The molecule has 1 aromatic heterocycles. The first kappa shape index (κ1) is 16.9. The molecule has 1 unspecified atom stereocenters. The molecule has 0 aliphatic carbocycles. The molecule has 3 heteroatoms. The van der Waals surface area contributed by atoms with Crippen LogP contribution in [0.15, 0.2) is 85.2 Å². The molecule has 3 rings (SSSR count). The first-order chi connectivity index (χ1) is 12.3. The summed E-state index contributed by atoms with van der Waals surface area (Å²) in [6.07, 6.45) is 5.06. The Morgan fingerprint density at radius 2 is 1.56 bits per heavy atom. The summed E-state index contributed by atoms with van der Waals surface area (Å²) in [6, 6.07) is 24.1. The second-order valence-electron chi connectivity index (χ2n) is 6.06. The Hall–Kier alpha value is -2.94. The molecule has 0 radical (unpaired) electrons. The minimum Gasteiger partial charge on any atom is -0.355 e. The first-order valence-corrected chi connectivity index (χ1v) is 8.58. The van der Waals surface area contributed by atoms with Crippen LogP contribution in [0.1, 0.15) is 22.6 Å². The normalized spacial score (nSPS) is 11.7. The van der Waals surface area contributed by atoms with Gasteiger partial charge in [0, 0.05) is 18.9 Å². The van der Waals surface area contributed by atoms with E-state index < -0.39 is 0 Å². The monoisotopic (exact) mass is 330 g/mol. The van der Waals surface area contributed by atoms with Gasteiger partial charge < -0.3 is 5.32 Å². The van der Waals surface area contributed by atoms with E-state index in [1.807, 2.05) is 66.9 Å². The molecule has 3 aromatic rings. The third-order valence-electron chi connectivity index (χ3n) is 4.24. The minimum atomic E-state index is -0.207. The van der Waals surface area contributed by atoms with Crippen LogP contribution in [0.3, 0.4) is 0 Å². The van der Waals surface area contributed by atoms with Crippen molar-refractivity contribution in [2.45, 2.75) is 18.8 Å². The van der Waals surface area contributed by atoms with Gasteiger partial charge in [0.2, 0.25) is 5.91 Å². The Kier molecular flexibility index (Phi) is 5.94. The highest BCUT2D eigenvalue weighted by atomic mass is 16.1. The number of carbonyl (C=O) groups is 1. The zero-order valence-corrected chi connectivity index (χ0v) is 14.1. The molecular weight excluding hydrogens is 308 g/mol. The van der Waals surface area contributed by atoms with Crippen molar-refractivity contribution in [2.24, 2.45) is 0 Å². The lowest BCUT2D eigenvalue weighted by atomic mass is 9.91. The second-order valence-corrected chi connectivity index (χ2v) is 6.06. The third-order valence-corrected chi connectivity index (χ3v) is 4.24. The molecule has 1 atom stereocenters. The van der Waals surface area contributed by atoms with Crippen molar-refractivity contribution in [2.75, 3.05) is 6.54 Å². The summed E-state index contributed by atoms with van der Waals surface area (Å²) in [7, 11) is 0. The molecule has 126 valence electrons. The smallest absolute Gasteiger partial charge is 0.227 e. The van der Waals surface area contributed by atoms with Gasteiger partial charge in [0.1, 0.15) is 0 Å². The predicted molar refractivity (Wildman–Crippen MR) is 100 cm³/mol. The maximum atomic E-state index is 12.8. The number of pyridine rings is 1. The number of rotatable bonds is 7. The van der Waals surface area contributed by atoms with Gasteiger partial charge in [0.05, 0.1) is 5.92 Å². The second kappa shape index (κ2) is 8.78. The Labute approximate surface area is 148 Å². The number of hydrogen-bond donors (Lipinski definition) is 1. The number of hydrogen-bond acceptors (Lipinski definition) is 2. The summed E-state index contributed by atoms with van der Waals surface area (Å²) >= 11 is 0.